The fraction of sp³-hybridized carbons (Fsp3) is 1.00. The third-order valence-corrected chi connectivity index (χ3v) is 4.98. The van der Waals surface area contributed by atoms with Crippen molar-refractivity contribution in [3.05, 3.63) is 0 Å². The number of hydrogen-bond acceptors (Lipinski definition) is 3. The summed E-state index contributed by atoms with van der Waals surface area (Å²) in [4.78, 5) is 1.84. The van der Waals surface area contributed by atoms with Crippen LogP contribution in [0, 0.1) is 0 Å². The summed E-state index contributed by atoms with van der Waals surface area (Å²) < 4.78 is 117. The van der Waals surface area contributed by atoms with Gasteiger partial charge in [-0.25, -0.2) is 4.31 Å². The maximum atomic E-state index is 13.7. The van der Waals surface area contributed by atoms with Gasteiger partial charge in [-0.3, -0.25) is 0 Å². The lowest BCUT2D eigenvalue weighted by molar-refractivity contribution is -0.905. The smallest absolute Gasteiger partial charge is 0.325 e. The van der Waals surface area contributed by atoms with Crippen molar-refractivity contribution < 1.29 is 49.1 Å². The highest BCUT2D eigenvalue weighted by Crippen LogP contribution is 2.56. The highest BCUT2D eigenvalue weighted by atomic mass is 32.2. The molecule has 1 unspecified atom stereocenters. The molecule has 0 aromatic heterocycles. The monoisotopic (exact) mass is 411 g/mol. The second-order valence-corrected chi connectivity index (χ2v) is 7.00. The first kappa shape index (κ1) is 24.6. The van der Waals surface area contributed by atoms with Crippen molar-refractivity contribution >= 4 is 11.9 Å². The van der Waals surface area contributed by atoms with Gasteiger partial charge < -0.3 is 4.48 Å². The molecule has 0 heterocycles. The molecule has 152 valence electrons. The van der Waals surface area contributed by atoms with E-state index in [9.17, 15) is 39.6 Å². The molecule has 25 heavy (non-hydrogen) atoms. The van der Waals surface area contributed by atoms with Crippen LogP contribution in [0.15, 0.2) is 0 Å². The average molecular weight is 411 g/mol. The Bertz CT molecular complexity index is 431. The van der Waals surface area contributed by atoms with Crippen LogP contribution in [0.5, 0.6) is 0 Å². The van der Waals surface area contributed by atoms with Gasteiger partial charge in [0.1, 0.15) is 0 Å². The molecule has 1 atom stereocenters. The molecule has 0 amide bonds. The van der Waals surface area contributed by atoms with Crippen molar-refractivity contribution in [2.75, 3.05) is 40.3 Å². The molecule has 0 radical (unpaired) electrons. The van der Waals surface area contributed by atoms with Gasteiger partial charge in [-0.1, -0.05) is 0 Å². The van der Waals surface area contributed by atoms with Gasteiger partial charge in [-0.15, -0.1) is 4.94 Å². The number of alkyl halides is 8. The molecule has 0 rings (SSSR count). The van der Waals surface area contributed by atoms with E-state index >= 15 is 0 Å². The van der Waals surface area contributed by atoms with Gasteiger partial charge in [0.2, 0.25) is 0 Å². The van der Waals surface area contributed by atoms with Gasteiger partial charge in [0, 0.05) is 11.9 Å². The Balaban J connectivity index is 5.33. The van der Waals surface area contributed by atoms with Crippen molar-refractivity contribution in [1.82, 2.24) is 4.31 Å². The molecule has 3 nitrogen and oxygen atoms in total. The Labute approximate surface area is 143 Å². The van der Waals surface area contributed by atoms with Gasteiger partial charge in [-0.2, -0.15) is 35.1 Å². The summed E-state index contributed by atoms with van der Waals surface area (Å²) in [6, 6.07) is 0. The molecular weight excluding hydrogens is 391 g/mol. The van der Waals surface area contributed by atoms with Crippen LogP contribution in [0.3, 0.4) is 0 Å². The minimum absolute atomic E-state index is 0.210. The SMILES string of the molecule is CC[N+](C)(CC)CCN(C)SC(F)(F)C(F)(OF)C(F)(F)C(F)(F)F. The van der Waals surface area contributed by atoms with E-state index in [-0.39, 0.29) is 13.1 Å². The topological polar surface area (TPSA) is 12.5 Å². The lowest BCUT2D eigenvalue weighted by Gasteiger charge is -2.37. The molecule has 0 aliphatic heterocycles. The molecule has 0 saturated heterocycles. The second kappa shape index (κ2) is 8.09. The van der Waals surface area contributed by atoms with Crippen LogP contribution in [0.2, 0.25) is 0 Å². The Morgan fingerprint density at radius 3 is 1.72 bits per heavy atom. The maximum absolute atomic E-state index is 13.7. The lowest BCUT2D eigenvalue weighted by Crippen LogP contribution is -2.63. The third-order valence-electron chi connectivity index (χ3n) is 3.99. The van der Waals surface area contributed by atoms with Crippen LogP contribution in [-0.4, -0.2) is 72.3 Å². The van der Waals surface area contributed by atoms with Crippen molar-refractivity contribution in [2.45, 2.75) is 37.1 Å². The van der Waals surface area contributed by atoms with Crippen LogP contribution in [0.1, 0.15) is 13.8 Å². The van der Waals surface area contributed by atoms with E-state index in [0.29, 0.717) is 21.9 Å². The molecule has 13 heteroatoms. The van der Waals surface area contributed by atoms with Gasteiger partial charge in [0.25, 0.3) is 0 Å². The standard InChI is InChI=1S/C12H20F9N2OS/c1-5-23(4,6-2)8-7-22(3)25-12(19,20)10(15,24-21)9(13,14)11(16,17)18/h5-8H2,1-4H3/q+1. The highest BCUT2D eigenvalue weighted by molar-refractivity contribution is 7.98. The van der Waals surface area contributed by atoms with E-state index in [0.717, 1.165) is 7.05 Å². The number of quaternary nitrogens is 1. The molecular formula is C12H20F9N2OS+. The van der Waals surface area contributed by atoms with E-state index in [1.165, 1.54) is 0 Å². The van der Waals surface area contributed by atoms with E-state index in [1.807, 2.05) is 4.94 Å². The van der Waals surface area contributed by atoms with Crippen LogP contribution >= 0.6 is 11.9 Å². The molecule has 0 aromatic carbocycles. The van der Waals surface area contributed by atoms with E-state index in [4.69, 9.17) is 0 Å². The fourth-order valence-corrected chi connectivity index (χ4v) is 2.52. The Morgan fingerprint density at radius 2 is 1.40 bits per heavy atom. The minimum atomic E-state index is -6.78. The summed E-state index contributed by atoms with van der Waals surface area (Å²) in [5, 5.41) is -5.56. The summed E-state index contributed by atoms with van der Waals surface area (Å²) in [7, 11) is 2.69. The maximum Gasteiger partial charge on any atom is 0.459 e. The van der Waals surface area contributed by atoms with E-state index in [1.54, 1.807) is 20.9 Å². The Hall–Kier alpha value is -0.400. The van der Waals surface area contributed by atoms with Gasteiger partial charge in [0.15, 0.2) is 0 Å². The molecule has 0 fully saturated rings. The van der Waals surface area contributed by atoms with Crippen LogP contribution in [0.4, 0.5) is 39.6 Å². The van der Waals surface area contributed by atoms with E-state index in [2.05, 4.69) is 0 Å². The fourth-order valence-electron chi connectivity index (χ4n) is 1.68. The van der Waals surface area contributed by atoms with Crippen LogP contribution < -0.4 is 0 Å². The largest absolute Gasteiger partial charge is 0.459 e. The molecule has 0 aliphatic carbocycles. The molecule has 0 saturated carbocycles. The summed E-state index contributed by atoms with van der Waals surface area (Å²) >= 11 is -0.992. The summed E-state index contributed by atoms with van der Waals surface area (Å²) in [6.07, 6.45) is -6.78. The second-order valence-electron chi connectivity index (χ2n) is 5.68. The van der Waals surface area contributed by atoms with Gasteiger partial charge in [0.05, 0.1) is 33.2 Å². The molecule has 0 N–H and O–H groups in total. The van der Waals surface area contributed by atoms with Crippen LogP contribution in [0.25, 0.3) is 0 Å². The van der Waals surface area contributed by atoms with Crippen LogP contribution in [-0.2, 0) is 4.94 Å². The minimum Gasteiger partial charge on any atom is -0.325 e. The van der Waals surface area contributed by atoms with Crippen molar-refractivity contribution in [2.24, 2.45) is 0 Å². The average Bonchev–Trinajstić information content (AvgIpc) is 2.49. The zero-order valence-corrected chi connectivity index (χ0v) is 14.8. The summed E-state index contributed by atoms with van der Waals surface area (Å²) in [5.74, 6) is -13.0. The van der Waals surface area contributed by atoms with Gasteiger partial charge >= 0.3 is 23.2 Å². The van der Waals surface area contributed by atoms with E-state index < -0.39 is 35.2 Å². The quantitative estimate of drug-likeness (QED) is 0.300. The first-order valence-electron chi connectivity index (χ1n) is 7.08. The molecule has 0 aromatic rings. The summed E-state index contributed by atoms with van der Waals surface area (Å²) in [5.41, 5.74) is 0. The lowest BCUT2D eigenvalue weighted by atomic mass is 10.1. The Morgan fingerprint density at radius 1 is 0.960 bits per heavy atom. The number of nitrogens with zero attached hydrogens (tertiary/aromatic N) is 2. The molecule has 0 aliphatic rings. The predicted octanol–water partition coefficient (Wildman–Crippen LogP) is 4.41. The number of halogens is 9. The number of hydrogen-bond donors (Lipinski definition) is 0. The first-order chi connectivity index (χ1) is 11.0. The third kappa shape index (κ3) is 5.07. The normalized spacial score (nSPS) is 17.0. The predicted molar refractivity (Wildman–Crippen MR) is 74.3 cm³/mol. The number of rotatable bonds is 10. The number of likely N-dealkylation sites (N-methyl/N-ethyl adjacent to an activating group) is 2. The zero-order valence-electron chi connectivity index (χ0n) is 13.9. The van der Waals surface area contributed by atoms with Gasteiger partial charge in [-0.05, 0) is 25.4 Å². The zero-order chi connectivity index (χ0) is 20.3. The Kier molecular flexibility index (Phi) is 7.96. The molecule has 0 bridgehead atoms. The highest BCUT2D eigenvalue weighted by Gasteiger charge is 2.83. The van der Waals surface area contributed by atoms with Crippen molar-refractivity contribution in [3.63, 3.8) is 0 Å². The first-order valence-corrected chi connectivity index (χ1v) is 7.85. The van der Waals surface area contributed by atoms with Crippen molar-refractivity contribution in [3.8, 4) is 0 Å². The molecule has 0 spiro atoms. The van der Waals surface area contributed by atoms with Crippen molar-refractivity contribution in [1.29, 1.82) is 0 Å². The summed E-state index contributed by atoms with van der Waals surface area (Å²) in [6.45, 7) is 4.81.